The first kappa shape index (κ1) is 15.9. The number of aromatic amines is 1. The highest BCUT2D eigenvalue weighted by molar-refractivity contribution is 5.95. The van der Waals surface area contributed by atoms with Crippen LogP contribution >= 0.6 is 0 Å². The Labute approximate surface area is 138 Å². The van der Waals surface area contributed by atoms with Crippen LogP contribution < -0.4 is 5.56 Å². The van der Waals surface area contributed by atoms with Gasteiger partial charge in [0, 0.05) is 31.7 Å². The van der Waals surface area contributed by atoms with Crippen LogP contribution in [0.4, 0.5) is 0 Å². The number of H-pyrrole nitrogens is 1. The average Bonchev–Trinajstić information content (AvgIpc) is 3.01. The molecule has 2 aromatic rings. The smallest absolute Gasteiger partial charge is 0.266 e. The molecule has 0 unspecified atom stereocenters. The highest BCUT2D eigenvalue weighted by atomic mass is 16.2. The van der Waals surface area contributed by atoms with E-state index in [1.165, 1.54) is 6.07 Å². The van der Waals surface area contributed by atoms with Crippen molar-refractivity contribution < 1.29 is 4.79 Å². The van der Waals surface area contributed by atoms with Gasteiger partial charge in [-0.05, 0) is 25.8 Å². The van der Waals surface area contributed by atoms with Crippen molar-refractivity contribution in [1.29, 1.82) is 5.26 Å². The highest BCUT2D eigenvalue weighted by Crippen LogP contribution is 2.26. The van der Waals surface area contributed by atoms with E-state index < -0.39 is 5.56 Å². The first-order valence-electron chi connectivity index (χ1n) is 7.78. The lowest BCUT2D eigenvalue weighted by atomic mass is 9.95. The van der Waals surface area contributed by atoms with E-state index in [0.29, 0.717) is 24.3 Å². The molecule has 0 bridgehead atoms. The fraction of sp³-hybridized carbons (Fsp3) is 0.438. The molecule has 8 nitrogen and oxygen atoms in total. The normalized spacial score (nSPS) is 15.3. The number of nitriles is 1. The number of aryl methyl sites for hydroxylation is 2. The third kappa shape index (κ3) is 2.93. The summed E-state index contributed by atoms with van der Waals surface area (Å²) in [6, 6.07) is 3.20. The van der Waals surface area contributed by atoms with Gasteiger partial charge >= 0.3 is 0 Å². The van der Waals surface area contributed by atoms with Crippen LogP contribution in [0.2, 0.25) is 0 Å². The molecule has 24 heavy (non-hydrogen) atoms. The average molecular weight is 326 g/mol. The highest BCUT2D eigenvalue weighted by Gasteiger charge is 2.27. The molecule has 0 aromatic carbocycles. The number of nitrogens with one attached hydrogen (secondary N) is 1. The second kappa shape index (κ2) is 6.28. The minimum Gasteiger partial charge on any atom is -0.339 e. The van der Waals surface area contributed by atoms with Gasteiger partial charge in [-0.1, -0.05) is 0 Å². The standard InChI is InChI=1S/C16H18N6O2/c1-10-13(7-12(8-17)15(23)19-10)16(24)22-5-3-11(4-6-22)14-18-9-21(2)20-14/h7,9,11H,3-6H2,1-2H3,(H,19,23). The number of hydrogen-bond acceptors (Lipinski definition) is 5. The summed E-state index contributed by atoms with van der Waals surface area (Å²) < 4.78 is 1.68. The summed E-state index contributed by atoms with van der Waals surface area (Å²) in [5, 5.41) is 13.3. The van der Waals surface area contributed by atoms with E-state index in [-0.39, 0.29) is 17.4 Å². The molecule has 8 heteroatoms. The van der Waals surface area contributed by atoms with E-state index >= 15 is 0 Å². The number of amides is 1. The molecule has 0 radical (unpaired) electrons. The molecule has 1 N–H and O–H groups in total. The number of pyridine rings is 1. The summed E-state index contributed by atoms with van der Waals surface area (Å²) >= 11 is 0. The zero-order chi connectivity index (χ0) is 17.3. The van der Waals surface area contributed by atoms with Crippen molar-refractivity contribution in [1.82, 2.24) is 24.6 Å². The molecule has 0 atom stereocenters. The van der Waals surface area contributed by atoms with Gasteiger partial charge in [-0.25, -0.2) is 4.98 Å². The van der Waals surface area contributed by atoms with Gasteiger partial charge in [-0.2, -0.15) is 10.4 Å². The van der Waals surface area contributed by atoms with Gasteiger partial charge in [0.1, 0.15) is 18.0 Å². The van der Waals surface area contributed by atoms with Crippen LogP contribution in [0, 0.1) is 18.3 Å². The second-order valence-corrected chi connectivity index (χ2v) is 6.01. The zero-order valence-electron chi connectivity index (χ0n) is 13.6. The molecule has 1 saturated heterocycles. The SMILES string of the molecule is Cc1[nH]c(=O)c(C#N)cc1C(=O)N1CCC(c2ncn(C)n2)CC1. The van der Waals surface area contributed by atoms with Gasteiger partial charge in [0.15, 0.2) is 5.82 Å². The molecule has 1 fully saturated rings. The fourth-order valence-corrected chi connectivity index (χ4v) is 2.98. The van der Waals surface area contributed by atoms with Crippen molar-refractivity contribution in [3.05, 3.63) is 45.4 Å². The Morgan fingerprint density at radius 3 is 2.71 bits per heavy atom. The Morgan fingerprint density at radius 1 is 1.42 bits per heavy atom. The third-order valence-corrected chi connectivity index (χ3v) is 4.35. The Morgan fingerprint density at radius 2 is 2.12 bits per heavy atom. The molecular formula is C16H18N6O2. The van der Waals surface area contributed by atoms with Crippen LogP contribution in [0.5, 0.6) is 0 Å². The summed E-state index contributed by atoms with van der Waals surface area (Å²) in [6.07, 6.45) is 3.27. The predicted octanol–water partition coefficient (Wildman–Crippen LogP) is 0.703. The zero-order valence-corrected chi connectivity index (χ0v) is 13.6. The summed E-state index contributed by atoms with van der Waals surface area (Å²) in [4.78, 5) is 32.9. The van der Waals surface area contributed by atoms with Gasteiger partial charge in [-0.15, -0.1) is 0 Å². The lowest BCUT2D eigenvalue weighted by molar-refractivity contribution is 0.0709. The molecule has 3 rings (SSSR count). The second-order valence-electron chi connectivity index (χ2n) is 6.01. The van der Waals surface area contributed by atoms with Gasteiger partial charge < -0.3 is 9.88 Å². The number of hydrogen-bond donors (Lipinski definition) is 1. The van der Waals surface area contributed by atoms with Gasteiger partial charge in [0.25, 0.3) is 11.5 Å². The van der Waals surface area contributed by atoms with Crippen molar-refractivity contribution in [2.75, 3.05) is 13.1 Å². The first-order valence-corrected chi connectivity index (χ1v) is 7.78. The van der Waals surface area contributed by atoms with Gasteiger partial charge in [0.05, 0.1) is 5.56 Å². The van der Waals surface area contributed by atoms with Crippen LogP contribution in [0.1, 0.15) is 46.2 Å². The van der Waals surface area contributed by atoms with E-state index in [1.807, 2.05) is 13.1 Å². The summed E-state index contributed by atoms with van der Waals surface area (Å²) in [6.45, 7) is 2.87. The van der Waals surface area contributed by atoms with Gasteiger partial charge in [0.2, 0.25) is 0 Å². The van der Waals surface area contributed by atoms with Crippen LogP contribution in [0.15, 0.2) is 17.2 Å². The monoisotopic (exact) mass is 326 g/mol. The predicted molar refractivity (Wildman–Crippen MR) is 85.4 cm³/mol. The maximum Gasteiger partial charge on any atom is 0.266 e. The Bertz CT molecular complexity index is 867. The Kier molecular flexibility index (Phi) is 4.16. The Balaban J connectivity index is 1.74. The lowest BCUT2D eigenvalue weighted by Crippen LogP contribution is -2.39. The van der Waals surface area contributed by atoms with Crippen molar-refractivity contribution in [3.8, 4) is 6.07 Å². The molecule has 1 amide bonds. The lowest BCUT2D eigenvalue weighted by Gasteiger charge is -2.31. The number of piperidine rings is 1. The maximum atomic E-state index is 12.7. The molecule has 2 aromatic heterocycles. The topological polar surface area (TPSA) is 108 Å². The van der Waals surface area contributed by atoms with Gasteiger partial charge in [-0.3, -0.25) is 14.3 Å². The van der Waals surface area contributed by atoms with E-state index in [0.717, 1.165) is 18.7 Å². The minimum atomic E-state index is -0.466. The van der Waals surface area contributed by atoms with Crippen LogP contribution in [-0.4, -0.2) is 43.6 Å². The van der Waals surface area contributed by atoms with E-state index in [2.05, 4.69) is 15.1 Å². The van der Waals surface area contributed by atoms with Crippen LogP contribution in [0.3, 0.4) is 0 Å². The number of aromatic nitrogens is 4. The Hall–Kier alpha value is -2.95. The van der Waals surface area contributed by atoms with E-state index in [4.69, 9.17) is 5.26 Å². The summed E-state index contributed by atoms with van der Waals surface area (Å²) in [5.74, 6) is 0.908. The van der Waals surface area contributed by atoms with Crippen LogP contribution in [0.25, 0.3) is 0 Å². The maximum absolute atomic E-state index is 12.7. The molecule has 0 saturated carbocycles. The van der Waals surface area contributed by atoms with Crippen molar-refractivity contribution in [2.45, 2.75) is 25.7 Å². The summed E-state index contributed by atoms with van der Waals surface area (Å²) in [7, 11) is 1.83. The number of rotatable bonds is 2. The van der Waals surface area contributed by atoms with Crippen molar-refractivity contribution in [2.24, 2.45) is 7.05 Å². The van der Waals surface area contributed by atoms with Crippen LogP contribution in [-0.2, 0) is 7.05 Å². The first-order chi connectivity index (χ1) is 11.5. The quantitative estimate of drug-likeness (QED) is 0.874. The van der Waals surface area contributed by atoms with E-state index in [9.17, 15) is 9.59 Å². The molecule has 124 valence electrons. The number of carbonyl (C=O) groups is 1. The fourth-order valence-electron chi connectivity index (χ4n) is 2.98. The minimum absolute atomic E-state index is 0.0449. The summed E-state index contributed by atoms with van der Waals surface area (Å²) in [5.41, 5.74) is 0.348. The molecule has 0 spiro atoms. The third-order valence-electron chi connectivity index (χ3n) is 4.35. The number of likely N-dealkylation sites (tertiary alicyclic amines) is 1. The molecule has 3 heterocycles. The molecule has 0 aliphatic carbocycles. The molecular weight excluding hydrogens is 308 g/mol. The number of carbonyl (C=O) groups excluding carboxylic acids is 1. The molecule has 1 aliphatic heterocycles. The van der Waals surface area contributed by atoms with Crippen molar-refractivity contribution >= 4 is 5.91 Å². The number of nitrogens with zero attached hydrogens (tertiary/aromatic N) is 5. The van der Waals surface area contributed by atoms with Crippen molar-refractivity contribution in [3.63, 3.8) is 0 Å². The van der Waals surface area contributed by atoms with E-state index in [1.54, 1.807) is 22.8 Å². The largest absolute Gasteiger partial charge is 0.339 e. The molecule has 1 aliphatic rings.